The van der Waals surface area contributed by atoms with Crippen LogP contribution < -0.4 is 10.0 Å². The Labute approximate surface area is 166 Å². The first-order valence-corrected chi connectivity index (χ1v) is 11.2. The number of primary sulfonamides is 1. The van der Waals surface area contributed by atoms with E-state index in [1.54, 1.807) is 12.1 Å². The molecule has 1 heterocycles. The van der Waals surface area contributed by atoms with Crippen LogP contribution in [0.4, 0.5) is 17.1 Å². The Morgan fingerprint density at radius 1 is 0.857 bits per heavy atom. The molecule has 5 heteroatoms. The van der Waals surface area contributed by atoms with Gasteiger partial charge in [-0.2, -0.15) is 0 Å². The second-order valence-corrected chi connectivity index (χ2v) is 8.68. The minimum Gasteiger partial charge on any atom is -0.308 e. The molecule has 0 aliphatic carbocycles. The molecule has 0 saturated heterocycles. The van der Waals surface area contributed by atoms with Crippen LogP contribution in [0, 0.1) is 0 Å². The van der Waals surface area contributed by atoms with Gasteiger partial charge in [-0.1, -0.05) is 61.9 Å². The van der Waals surface area contributed by atoms with E-state index in [-0.39, 0.29) is 4.90 Å². The van der Waals surface area contributed by atoms with Crippen LogP contribution in [0.25, 0.3) is 0 Å². The smallest absolute Gasteiger partial charge is 0.240 e. The van der Waals surface area contributed by atoms with Gasteiger partial charge in [-0.15, -0.1) is 0 Å². The van der Waals surface area contributed by atoms with Crippen LogP contribution in [0.1, 0.15) is 30.0 Å². The van der Waals surface area contributed by atoms with Crippen molar-refractivity contribution >= 4 is 27.1 Å². The largest absolute Gasteiger partial charge is 0.308 e. The van der Waals surface area contributed by atoms with E-state index in [4.69, 9.17) is 5.14 Å². The zero-order chi connectivity index (χ0) is 19.7. The van der Waals surface area contributed by atoms with Crippen molar-refractivity contribution in [3.8, 4) is 0 Å². The standard InChI is InChI=1S/C23H24N2O2S/c1-2-8-19-11-7-14-22(28(24,26)27)23(19)25-20-12-5-3-9-17(20)15-16-18-10-4-6-13-21(18)25/h3-7,9-14H,2,8,15-16H2,1H3,(H2,24,26,27). The first-order valence-electron chi connectivity index (χ1n) is 9.61. The molecule has 0 spiro atoms. The fraction of sp³-hybridized carbons (Fsp3) is 0.217. The lowest BCUT2D eigenvalue weighted by Gasteiger charge is -2.30. The highest BCUT2D eigenvalue weighted by Crippen LogP contribution is 2.45. The molecule has 1 aliphatic heterocycles. The van der Waals surface area contributed by atoms with E-state index < -0.39 is 10.0 Å². The topological polar surface area (TPSA) is 63.4 Å². The third-order valence-corrected chi connectivity index (χ3v) is 6.20. The van der Waals surface area contributed by atoms with Crippen molar-refractivity contribution in [2.45, 2.75) is 37.5 Å². The first kappa shape index (κ1) is 18.7. The van der Waals surface area contributed by atoms with E-state index in [2.05, 4.69) is 36.1 Å². The van der Waals surface area contributed by atoms with Crippen molar-refractivity contribution in [2.75, 3.05) is 4.90 Å². The maximum absolute atomic E-state index is 12.5. The summed E-state index contributed by atoms with van der Waals surface area (Å²) in [5.74, 6) is 0. The van der Waals surface area contributed by atoms with Crippen molar-refractivity contribution in [2.24, 2.45) is 5.14 Å². The van der Waals surface area contributed by atoms with Crippen molar-refractivity contribution < 1.29 is 8.42 Å². The fourth-order valence-corrected chi connectivity index (χ4v) is 4.80. The summed E-state index contributed by atoms with van der Waals surface area (Å²) < 4.78 is 25.0. The molecule has 3 aromatic carbocycles. The summed E-state index contributed by atoms with van der Waals surface area (Å²) in [6, 6.07) is 21.8. The number of para-hydroxylation sites is 3. The van der Waals surface area contributed by atoms with Crippen molar-refractivity contribution in [3.63, 3.8) is 0 Å². The number of rotatable bonds is 4. The molecule has 0 aromatic heterocycles. The van der Waals surface area contributed by atoms with Gasteiger partial charge in [0, 0.05) is 11.4 Å². The number of anilines is 3. The van der Waals surface area contributed by atoms with Gasteiger partial charge < -0.3 is 4.90 Å². The predicted molar refractivity (Wildman–Crippen MR) is 114 cm³/mol. The molecule has 0 saturated carbocycles. The van der Waals surface area contributed by atoms with Crippen molar-refractivity contribution in [1.82, 2.24) is 0 Å². The van der Waals surface area contributed by atoms with Gasteiger partial charge in [-0.25, -0.2) is 13.6 Å². The summed E-state index contributed by atoms with van der Waals surface area (Å²) in [4.78, 5) is 2.27. The summed E-state index contributed by atoms with van der Waals surface area (Å²) in [5.41, 5.74) is 6.09. The molecule has 4 nitrogen and oxygen atoms in total. The van der Waals surface area contributed by atoms with E-state index in [0.717, 1.165) is 42.6 Å². The van der Waals surface area contributed by atoms with E-state index in [0.29, 0.717) is 5.69 Å². The molecule has 28 heavy (non-hydrogen) atoms. The molecule has 0 unspecified atom stereocenters. The molecule has 3 aromatic rings. The maximum Gasteiger partial charge on any atom is 0.240 e. The quantitative estimate of drug-likeness (QED) is 0.690. The van der Waals surface area contributed by atoms with Crippen LogP contribution in [0.3, 0.4) is 0 Å². The number of sulfonamides is 1. The van der Waals surface area contributed by atoms with Crippen LogP contribution >= 0.6 is 0 Å². The third kappa shape index (κ3) is 3.32. The Morgan fingerprint density at radius 3 is 1.96 bits per heavy atom. The Bertz CT molecular complexity index is 1080. The van der Waals surface area contributed by atoms with E-state index in [1.807, 2.05) is 30.3 Å². The molecule has 4 rings (SSSR count). The Hall–Kier alpha value is -2.63. The summed E-state index contributed by atoms with van der Waals surface area (Å²) in [6.45, 7) is 2.09. The van der Waals surface area contributed by atoms with Gasteiger partial charge in [0.05, 0.1) is 5.69 Å². The number of nitrogens with zero attached hydrogens (tertiary/aromatic N) is 1. The molecule has 0 bridgehead atoms. The Kier molecular flexibility index (Phi) is 4.96. The van der Waals surface area contributed by atoms with Gasteiger partial charge in [0.15, 0.2) is 0 Å². The third-order valence-electron chi connectivity index (χ3n) is 5.26. The second kappa shape index (κ2) is 7.41. The fourth-order valence-electron chi connectivity index (χ4n) is 4.04. The number of hydrogen-bond acceptors (Lipinski definition) is 3. The monoisotopic (exact) mass is 392 g/mol. The lowest BCUT2D eigenvalue weighted by molar-refractivity contribution is 0.597. The normalized spacial score (nSPS) is 13.6. The second-order valence-electron chi connectivity index (χ2n) is 7.15. The molecule has 0 atom stereocenters. The van der Waals surface area contributed by atoms with Gasteiger partial charge in [0.25, 0.3) is 0 Å². The van der Waals surface area contributed by atoms with Crippen LogP contribution in [0.2, 0.25) is 0 Å². The van der Waals surface area contributed by atoms with Crippen LogP contribution in [0.15, 0.2) is 71.6 Å². The lowest BCUT2D eigenvalue weighted by Crippen LogP contribution is -2.21. The number of nitrogens with two attached hydrogens (primary N) is 1. The highest BCUT2D eigenvalue weighted by atomic mass is 32.2. The molecule has 144 valence electrons. The number of fused-ring (bicyclic) bond motifs is 2. The number of aryl methyl sites for hydroxylation is 3. The maximum atomic E-state index is 12.5. The molecule has 0 amide bonds. The number of benzene rings is 3. The van der Waals surface area contributed by atoms with Crippen molar-refractivity contribution in [1.29, 1.82) is 0 Å². The molecular weight excluding hydrogens is 368 g/mol. The number of hydrogen-bond donors (Lipinski definition) is 1. The van der Waals surface area contributed by atoms with E-state index in [9.17, 15) is 8.42 Å². The Balaban J connectivity index is 2.10. The molecule has 0 radical (unpaired) electrons. The Morgan fingerprint density at radius 2 is 1.43 bits per heavy atom. The summed E-state index contributed by atoms with van der Waals surface area (Å²) in [6.07, 6.45) is 3.51. The minimum absolute atomic E-state index is 0.171. The zero-order valence-electron chi connectivity index (χ0n) is 15.9. The van der Waals surface area contributed by atoms with Crippen LogP contribution in [-0.4, -0.2) is 8.42 Å². The average molecular weight is 393 g/mol. The van der Waals surface area contributed by atoms with Gasteiger partial charge in [-0.3, -0.25) is 0 Å². The van der Waals surface area contributed by atoms with E-state index >= 15 is 0 Å². The van der Waals surface area contributed by atoms with Crippen molar-refractivity contribution in [3.05, 3.63) is 83.4 Å². The predicted octanol–water partition coefficient (Wildman–Crippen LogP) is 4.85. The van der Waals surface area contributed by atoms with E-state index in [1.165, 1.54) is 11.1 Å². The zero-order valence-corrected chi connectivity index (χ0v) is 16.7. The SMILES string of the molecule is CCCc1cccc(S(N)(=O)=O)c1N1c2ccccc2CCc2ccccc21. The highest BCUT2D eigenvalue weighted by Gasteiger charge is 2.28. The first-order chi connectivity index (χ1) is 13.5. The van der Waals surface area contributed by atoms with Gasteiger partial charge in [-0.05, 0) is 54.2 Å². The average Bonchev–Trinajstić information content (AvgIpc) is 2.84. The summed E-state index contributed by atoms with van der Waals surface area (Å²) >= 11 is 0. The molecule has 2 N–H and O–H groups in total. The van der Waals surface area contributed by atoms with Gasteiger partial charge in [0.2, 0.25) is 10.0 Å². The summed E-state index contributed by atoms with van der Waals surface area (Å²) in [5, 5.41) is 5.65. The molecule has 1 aliphatic rings. The molecular formula is C23H24N2O2S. The van der Waals surface area contributed by atoms with Crippen LogP contribution in [-0.2, 0) is 29.3 Å². The van der Waals surface area contributed by atoms with Crippen LogP contribution in [0.5, 0.6) is 0 Å². The lowest BCUT2D eigenvalue weighted by atomic mass is 10.0. The highest BCUT2D eigenvalue weighted by molar-refractivity contribution is 7.89. The minimum atomic E-state index is -3.88. The van der Waals surface area contributed by atoms with Gasteiger partial charge in [0.1, 0.15) is 4.90 Å². The molecule has 0 fully saturated rings. The van der Waals surface area contributed by atoms with Gasteiger partial charge >= 0.3 is 0 Å². The summed E-state index contributed by atoms with van der Waals surface area (Å²) in [7, 11) is -3.88.